The summed E-state index contributed by atoms with van der Waals surface area (Å²) in [6.07, 6.45) is -0.0493. The quantitative estimate of drug-likeness (QED) is 0.163. The van der Waals surface area contributed by atoms with E-state index in [4.69, 9.17) is 15.2 Å². The van der Waals surface area contributed by atoms with E-state index in [0.717, 1.165) is 0 Å². The van der Waals surface area contributed by atoms with Gasteiger partial charge in [-0.3, -0.25) is 10.1 Å². The number of phenols is 1. The first-order valence-electron chi connectivity index (χ1n) is 10.9. The second kappa shape index (κ2) is 13.1. The van der Waals surface area contributed by atoms with Crippen LogP contribution in [0, 0.1) is 0 Å². The van der Waals surface area contributed by atoms with Crippen LogP contribution in [0.5, 0.6) is 5.75 Å². The van der Waals surface area contributed by atoms with Crippen LogP contribution < -0.4 is 16.4 Å². The van der Waals surface area contributed by atoms with Gasteiger partial charge < -0.3 is 25.6 Å². The Kier molecular flexibility index (Phi) is 9.92. The normalized spacial score (nSPS) is 12.6. The first-order chi connectivity index (χ1) is 17.3. The summed E-state index contributed by atoms with van der Waals surface area (Å²) in [6.45, 7) is 2.02. The van der Waals surface area contributed by atoms with Crippen LogP contribution in [0.2, 0.25) is 0 Å². The minimum atomic E-state index is -1.10. The highest BCUT2D eigenvalue weighted by molar-refractivity contribution is 9.11. The number of phenolic OH excluding ortho intramolecular Hbond substituents is 1. The molecule has 0 spiro atoms. The van der Waals surface area contributed by atoms with E-state index in [0.29, 0.717) is 26.0 Å². The van der Waals surface area contributed by atoms with Gasteiger partial charge in [0, 0.05) is 28.4 Å². The lowest BCUT2D eigenvalue weighted by Crippen LogP contribution is -2.28. The van der Waals surface area contributed by atoms with Gasteiger partial charge in [-0.1, -0.05) is 46.3 Å². The number of carbonyl (C=O) groups excluding carboxylic acids is 2. The number of nitrogens with one attached hydrogen (secondary N) is 2. The van der Waals surface area contributed by atoms with Crippen molar-refractivity contribution in [2.45, 2.75) is 19.1 Å². The Bertz CT molecular complexity index is 1240. The summed E-state index contributed by atoms with van der Waals surface area (Å²) >= 11 is 6.71. The van der Waals surface area contributed by atoms with Gasteiger partial charge in [-0.2, -0.15) is 0 Å². The van der Waals surface area contributed by atoms with Gasteiger partial charge in [0.25, 0.3) is 0 Å². The van der Waals surface area contributed by atoms with Crippen molar-refractivity contribution < 1.29 is 24.2 Å². The number of nitrogens with two attached hydrogens (primary N) is 1. The SMILES string of the molecule is CCO[C@@H](/C=C/C(=O)Nc1ccccc1N)[C@@H](OC(=O)Nc1ccccc1)c1cc(Br)cc(Br)c1O. The molecule has 3 aromatic carbocycles. The molecule has 3 rings (SSSR count). The van der Waals surface area contributed by atoms with E-state index in [9.17, 15) is 14.7 Å². The van der Waals surface area contributed by atoms with Crippen LogP contribution in [0.3, 0.4) is 0 Å². The van der Waals surface area contributed by atoms with E-state index in [1.165, 1.54) is 12.2 Å². The minimum absolute atomic E-state index is 0.129. The highest BCUT2D eigenvalue weighted by Gasteiger charge is 2.30. The Labute approximate surface area is 225 Å². The van der Waals surface area contributed by atoms with Crippen molar-refractivity contribution in [3.8, 4) is 5.75 Å². The fourth-order valence-corrected chi connectivity index (χ4v) is 4.56. The molecule has 188 valence electrons. The first kappa shape index (κ1) is 27.3. The molecule has 36 heavy (non-hydrogen) atoms. The smallest absolute Gasteiger partial charge is 0.412 e. The van der Waals surface area contributed by atoms with Crippen LogP contribution >= 0.6 is 31.9 Å². The number of hydrogen-bond acceptors (Lipinski definition) is 6. The largest absolute Gasteiger partial charge is 0.506 e. The third-order valence-corrected chi connectivity index (χ3v) is 5.99. The molecular formula is C26H25Br2N3O5. The van der Waals surface area contributed by atoms with Gasteiger partial charge in [0.2, 0.25) is 5.91 Å². The molecular weight excluding hydrogens is 594 g/mol. The average Bonchev–Trinajstić information content (AvgIpc) is 2.85. The van der Waals surface area contributed by atoms with Crippen LogP contribution in [-0.2, 0) is 14.3 Å². The lowest BCUT2D eigenvalue weighted by Gasteiger charge is -2.26. The lowest BCUT2D eigenvalue weighted by molar-refractivity contribution is -0.112. The molecule has 0 aliphatic heterocycles. The van der Waals surface area contributed by atoms with Crippen molar-refractivity contribution in [1.82, 2.24) is 0 Å². The fraction of sp³-hybridized carbons (Fsp3) is 0.154. The maximum atomic E-state index is 12.8. The zero-order valence-corrected chi connectivity index (χ0v) is 22.5. The van der Waals surface area contributed by atoms with E-state index in [-0.39, 0.29) is 17.9 Å². The Balaban J connectivity index is 1.90. The first-order valence-corrected chi connectivity index (χ1v) is 12.5. The molecule has 0 heterocycles. The maximum Gasteiger partial charge on any atom is 0.412 e. The second-order valence-electron chi connectivity index (χ2n) is 7.50. The molecule has 0 bridgehead atoms. The predicted octanol–water partition coefficient (Wildman–Crippen LogP) is 6.39. The summed E-state index contributed by atoms with van der Waals surface area (Å²) in [7, 11) is 0. The average molecular weight is 619 g/mol. The van der Waals surface area contributed by atoms with Gasteiger partial charge in [0.1, 0.15) is 11.9 Å². The Hall–Kier alpha value is -3.34. The van der Waals surface area contributed by atoms with Crippen molar-refractivity contribution in [2.75, 3.05) is 23.0 Å². The van der Waals surface area contributed by atoms with E-state index in [2.05, 4.69) is 42.5 Å². The molecule has 2 amide bonds. The molecule has 8 nitrogen and oxygen atoms in total. The summed E-state index contributed by atoms with van der Waals surface area (Å²) < 4.78 is 12.6. The van der Waals surface area contributed by atoms with Crippen molar-refractivity contribution in [3.63, 3.8) is 0 Å². The van der Waals surface area contributed by atoms with Gasteiger partial charge in [-0.05, 0) is 65.3 Å². The molecule has 0 saturated heterocycles. The number of hydrogen-bond donors (Lipinski definition) is 4. The van der Waals surface area contributed by atoms with Gasteiger partial charge >= 0.3 is 6.09 Å². The molecule has 5 N–H and O–H groups in total. The molecule has 0 aliphatic carbocycles. The Morgan fingerprint density at radius 2 is 1.75 bits per heavy atom. The minimum Gasteiger partial charge on any atom is -0.506 e. The lowest BCUT2D eigenvalue weighted by atomic mass is 10.0. The zero-order chi connectivity index (χ0) is 26.1. The fourth-order valence-electron chi connectivity index (χ4n) is 3.30. The molecule has 0 aliphatic rings. The third-order valence-electron chi connectivity index (χ3n) is 4.93. The van der Waals surface area contributed by atoms with Gasteiger partial charge in [-0.15, -0.1) is 0 Å². The molecule has 0 unspecified atom stereocenters. The summed E-state index contributed by atoms with van der Waals surface area (Å²) in [5.41, 5.74) is 7.58. The van der Waals surface area contributed by atoms with Crippen molar-refractivity contribution in [3.05, 3.63) is 93.4 Å². The van der Waals surface area contributed by atoms with Crippen LogP contribution in [0.25, 0.3) is 0 Å². The number of halogens is 2. The summed E-state index contributed by atoms with van der Waals surface area (Å²) in [4.78, 5) is 25.4. The van der Waals surface area contributed by atoms with Crippen molar-refractivity contribution in [1.29, 1.82) is 0 Å². The second-order valence-corrected chi connectivity index (χ2v) is 9.27. The highest BCUT2D eigenvalue weighted by atomic mass is 79.9. The number of amides is 2. The zero-order valence-electron chi connectivity index (χ0n) is 19.3. The molecule has 0 saturated carbocycles. The number of carbonyl (C=O) groups is 2. The standard InChI is InChI=1S/C26H25Br2N3O5/c1-2-35-22(12-13-23(32)31-21-11-7-6-10-20(21)29)25(18-14-16(27)15-19(28)24(18)33)36-26(34)30-17-8-4-3-5-9-17/h3-15,22,25,33H,2,29H2,1H3,(H,30,34)(H,31,32)/b13-12+/t22-,25-/m0/s1. The van der Waals surface area contributed by atoms with E-state index in [1.807, 2.05) is 6.07 Å². The topological polar surface area (TPSA) is 123 Å². The van der Waals surface area contributed by atoms with E-state index < -0.39 is 24.2 Å². The molecule has 2 atom stereocenters. The molecule has 0 aromatic heterocycles. The van der Waals surface area contributed by atoms with Crippen LogP contribution in [0.4, 0.5) is 21.9 Å². The van der Waals surface area contributed by atoms with Gasteiger partial charge in [-0.25, -0.2) is 4.79 Å². The van der Waals surface area contributed by atoms with Crippen molar-refractivity contribution >= 4 is 60.9 Å². The van der Waals surface area contributed by atoms with Gasteiger partial charge in [0.15, 0.2) is 6.10 Å². The summed E-state index contributed by atoms with van der Waals surface area (Å²) in [5.74, 6) is -0.583. The monoisotopic (exact) mass is 617 g/mol. The summed E-state index contributed by atoms with van der Waals surface area (Å²) in [5, 5.41) is 16.1. The number of nitrogen functional groups attached to an aromatic ring is 1. The number of aromatic hydroxyl groups is 1. The molecule has 3 aromatic rings. The van der Waals surface area contributed by atoms with Gasteiger partial charge in [0.05, 0.1) is 15.8 Å². The molecule has 0 fully saturated rings. The highest BCUT2D eigenvalue weighted by Crippen LogP contribution is 2.39. The number of anilines is 3. The number of benzene rings is 3. The van der Waals surface area contributed by atoms with Crippen LogP contribution in [0.15, 0.2) is 87.8 Å². The summed E-state index contributed by atoms with van der Waals surface area (Å²) in [6, 6.07) is 18.9. The number of rotatable bonds is 9. The van der Waals surface area contributed by atoms with E-state index in [1.54, 1.807) is 67.6 Å². The van der Waals surface area contributed by atoms with E-state index >= 15 is 0 Å². The molecule has 0 radical (unpaired) electrons. The van der Waals surface area contributed by atoms with Crippen LogP contribution in [0.1, 0.15) is 18.6 Å². The Morgan fingerprint density at radius 3 is 2.44 bits per heavy atom. The number of para-hydroxylation sites is 3. The predicted molar refractivity (Wildman–Crippen MR) is 147 cm³/mol. The van der Waals surface area contributed by atoms with Crippen molar-refractivity contribution in [2.24, 2.45) is 0 Å². The third kappa shape index (κ3) is 7.58. The maximum absolute atomic E-state index is 12.8. The van der Waals surface area contributed by atoms with Crippen LogP contribution in [-0.4, -0.2) is 29.8 Å². The molecule has 10 heteroatoms. The Morgan fingerprint density at radius 1 is 1.06 bits per heavy atom. The number of ether oxygens (including phenoxy) is 2.